The minimum absolute atomic E-state index is 0.0429. The van der Waals surface area contributed by atoms with Gasteiger partial charge in [0.25, 0.3) is 0 Å². The molecule has 6 nitrogen and oxygen atoms in total. The molecule has 0 saturated carbocycles. The van der Waals surface area contributed by atoms with Crippen molar-refractivity contribution in [1.82, 2.24) is 10.1 Å². The number of amides is 1. The monoisotopic (exact) mass is 405 g/mol. The van der Waals surface area contributed by atoms with E-state index in [9.17, 15) is 4.79 Å². The molecule has 1 aliphatic rings. The predicted octanol–water partition coefficient (Wildman–Crippen LogP) is 4.51. The lowest BCUT2D eigenvalue weighted by Gasteiger charge is -2.18. The molecule has 0 spiro atoms. The van der Waals surface area contributed by atoms with Crippen molar-refractivity contribution in [3.8, 4) is 5.75 Å². The van der Waals surface area contributed by atoms with E-state index in [4.69, 9.17) is 9.26 Å². The molecule has 156 valence electrons. The third-order valence-electron chi connectivity index (χ3n) is 5.61. The molecule has 1 aromatic heterocycles. The summed E-state index contributed by atoms with van der Waals surface area (Å²) >= 11 is 0. The molecule has 6 heteroatoms. The van der Waals surface area contributed by atoms with E-state index in [1.807, 2.05) is 41.3 Å². The average Bonchev–Trinajstić information content (AvgIpc) is 3.39. The molecule has 1 saturated heterocycles. The molecule has 2 aromatic carbocycles. The zero-order chi connectivity index (χ0) is 21.1. The number of nitrogens with zero attached hydrogens (tertiary/aromatic N) is 3. The van der Waals surface area contributed by atoms with E-state index in [-0.39, 0.29) is 11.8 Å². The van der Waals surface area contributed by atoms with Crippen LogP contribution in [0.5, 0.6) is 5.75 Å². The SMILES string of the molecule is COc1ccc(CCc2nc(C3CC(=O)N(c4cccc(C(C)C)c4)C3)no2)cc1. The normalized spacial score (nSPS) is 16.5. The van der Waals surface area contributed by atoms with Crippen LogP contribution in [0.4, 0.5) is 5.69 Å². The first-order chi connectivity index (χ1) is 14.5. The Morgan fingerprint density at radius 3 is 2.70 bits per heavy atom. The summed E-state index contributed by atoms with van der Waals surface area (Å²) in [4.78, 5) is 19.0. The van der Waals surface area contributed by atoms with Crippen molar-refractivity contribution in [2.24, 2.45) is 0 Å². The first-order valence-electron chi connectivity index (χ1n) is 10.4. The van der Waals surface area contributed by atoms with Gasteiger partial charge >= 0.3 is 0 Å². The molecule has 0 N–H and O–H groups in total. The van der Waals surface area contributed by atoms with Crippen molar-refractivity contribution in [2.45, 2.75) is 44.9 Å². The minimum atomic E-state index is -0.0429. The number of aryl methyl sites for hydroxylation is 2. The van der Waals surface area contributed by atoms with Gasteiger partial charge in [-0.2, -0.15) is 4.98 Å². The molecule has 1 amide bonds. The number of aromatic nitrogens is 2. The molecule has 1 atom stereocenters. The Hall–Kier alpha value is -3.15. The maximum absolute atomic E-state index is 12.6. The molecule has 1 unspecified atom stereocenters. The van der Waals surface area contributed by atoms with Gasteiger partial charge < -0.3 is 14.2 Å². The Morgan fingerprint density at radius 1 is 1.17 bits per heavy atom. The van der Waals surface area contributed by atoms with E-state index in [0.29, 0.717) is 37.0 Å². The average molecular weight is 405 g/mol. The molecule has 1 aliphatic heterocycles. The summed E-state index contributed by atoms with van der Waals surface area (Å²) in [5, 5.41) is 4.16. The van der Waals surface area contributed by atoms with Gasteiger partial charge in [0.15, 0.2) is 5.82 Å². The maximum Gasteiger partial charge on any atom is 0.227 e. The van der Waals surface area contributed by atoms with E-state index >= 15 is 0 Å². The Bertz CT molecular complexity index is 1010. The van der Waals surface area contributed by atoms with Crippen molar-refractivity contribution < 1.29 is 14.1 Å². The van der Waals surface area contributed by atoms with Crippen LogP contribution in [0.15, 0.2) is 53.1 Å². The van der Waals surface area contributed by atoms with Gasteiger partial charge in [0.05, 0.1) is 7.11 Å². The molecule has 0 bridgehead atoms. The standard InChI is InChI=1S/C24H27N3O3/c1-16(2)18-5-4-6-20(13-18)27-15-19(14-23(27)28)24-25-22(30-26-24)12-9-17-7-10-21(29-3)11-8-17/h4-8,10-11,13,16,19H,9,12,14-15H2,1-3H3. The zero-order valence-corrected chi connectivity index (χ0v) is 17.7. The first-order valence-corrected chi connectivity index (χ1v) is 10.4. The number of rotatable bonds is 7. The maximum atomic E-state index is 12.6. The third kappa shape index (κ3) is 4.37. The van der Waals surface area contributed by atoms with Crippen LogP contribution < -0.4 is 9.64 Å². The smallest absolute Gasteiger partial charge is 0.227 e. The second kappa shape index (κ2) is 8.69. The fourth-order valence-electron chi connectivity index (χ4n) is 3.76. The topological polar surface area (TPSA) is 68.5 Å². The molecule has 0 radical (unpaired) electrons. The van der Waals surface area contributed by atoms with Crippen LogP contribution >= 0.6 is 0 Å². The van der Waals surface area contributed by atoms with Crippen LogP contribution in [-0.2, 0) is 17.6 Å². The highest BCUT2D eigenvalue weighted by Crippen LogP contribution is 2.32. The number of benzene rings is 2. The second-order valence-electron chi connectivity index (χ2n) is 8.05. The van der Waals surface area contributed by atoms with E-state index in [1.54, 1.807) is 7.11 Å². The first kappa shape index (κ1) is 20.1. The molecule has 3 aromatic rings. The van der Waals surface area contributed by atoms with Crippen molar-refractivity contribution in [3.05, 3.63) is 71.4 Å². The third-order valence-corrected chi connectivity index (χ3v) is 5.61. The molecule has 30 heavy (non-hydrogen) atoms. The molecule has 4 rings (SSSR count). The molecule has 2 heterocycles. The summed E-state index contributed by atoms with van der Waals surface area (Å²) in [6.45, 7) is 4.89. The Labute approximate surface area is 176 Å². The highest BCUT2D eigenvalue weighted by Gasteiger charge is 2.34. The van der Waals surface area contributed by atoms with Gasteiger partial charge in [-0.25, -0.2) is 0 Å². The number of methoxy groups -OCH3 is 1. The van der Waals surface area contributed by atoms with E-state index in [1.165, 1.54) is 11.1 Å². The Morgan fingerprint density at radius 2 is 1.97 bits per heavy atom. The molecule has 1 fully saturated rings. The Balaban J connectivity index is 1.40. The van der Waals surface area contributed by atoms with Gasteiger partial charge in [-0.15, -0.1) is 0 Å². The number of hydrogen-bond donors (Lipinski definition) is 0. The lowest BCUT2D eigenvalue weighted by atomic mass is 10.0. The molecular weight excluding hydrogens is 378 g/mol. The van der Waals surface area contributed by atoms with Crippen molar-refractivity contribution in [3.63, 3.8) is 0 Å². The number of ether oxygens (including phenoxy) is 1. The van der Waals surface area contributed by atoms with Crippen LogP contribution in [0, 0.1) is 0 Å². The number of carbonyl (C=O) groups is 1. The summed E-state index contributed by atoms with van der Waals surface area (Å²) in [7, 11) is 1.66. The van der Waals surface area contributed by atoms with Crippen LogP contribution in [0.3, 0.4) is 0 Å². The van der Waals surface area contributed by atoms with Gasteiger partial charge in [0, 0.05) is 31.0 Å². The van der Waals surface area contributed by atoms with Gasteiger partial charge in [-0.05, 0) is 47.7 Å². The zero-order valence-electron chi connectivity index (χ0n) is 17.7. The van der Waals surface area contributed by atoms with Crippen LogP contribution in [0.25, 0.3) is 0 Å². The number of hydrogen-bond acceptors (Lipinski definition) is 5. The van der Waals surface area contributed by atoms with E-state index in [0.717, 1.165) is 17.9 Å². The van der Waals surface area contributed by atoms with Crippen molar-refractivity contribution in [1.29, 1.82) is 0 Å². The van der Waals surface area contributed by atoms with Gasteiger partial charge in [-0.1, -0.05) is 43.3 Å². The fraction of sp³-hybridized carbons (Fsp3) is 0.375. The highest BCUT2D eigenvalue weighted by molar-refractivity contribution is 5.96. The van der Waals surface area contributed by atoms with Crippen molar-refractivity contribution in [2.75, 3.05) is 18.6 Å². The lowest BCUT2D eigenvalue weighted by molar-refractivity contribution is -0.117. The molecule has 0 aliphatic carbocycles. The minimum Gasteiger partial charge on any atom is -0.497 e. The van der Waals surface area contributed by atoms with Crippen molar-refractivity contribution >= 4 is 11.6 Å². The van der Waals surface area contributed by atoms with Gasteiger partial charge in [0.2, 0.25) is 11.8 Å². The number of carbonyl (C=O) groups excluding carboxylic acids is 1. The van der Waals surface area contributed by atoms with Crippen LogP contribution in [-0.4, -0.2) is 29.7 Å². The van der Waals surface area contributed by atoms with Crippen LogP contribution in [0.2, 0.25) is 0 Å². The summed E-state index contributed by atoms with van der Waals surface area (Å²) in [6, 6.07) is 16.2. The number of anilines is 1. The summed E-state index contributed by atoms with van der Waals surface area (Å²) in [6.07, 6.45) is 1.88. The Kier molecular flexibility index (Phi) is 5.84. The lowest BCUT2D eigenvalue weighted by Crippen LogP contribution is -2.24. The van der Waals surface area contributed by atoms with Gasteiger partial charge in [0.1, 0.15) is 5.75 Å². The summed E-state index contributed by atoms with van der Waals surface area (Å²) in [5.74, 6) is 2.55. The van der Waals surface area contributed by atoms with E-state index in [2.05, 4.69) is 36.1 Å². The largest absolute Gasteiger partial charge is 0.497 e. The fourth-order valence-corrected chi connectivity index (χ4v) is 3.76. The van der Waals surface area contributed by atoms with Gasteiger partial charge in [-0.3, -0.25) is 4.79 Å². The van der Waals surface area contributed by atoms with E-state index < -0.39 is 0 Å². The summed E-state index contributed by atoms with van der Waals surface area (Å²) in [5.41, 5.74) is 3.35. The second-order valence-corrected chi connectivity index (χ2v) is 8.05. The summed E-state index contributed by atoms with van der Waals surface area (Å²) < 4.78 is 10.6. The molecular formula is C24H27N3O3. The quantitative estimate of drug-likeness (QED) is 0.579. The predicted molar refractivity (Wildman–Crippen MR) is 115 cm³/mol. The highest BCUT2D eigenvalue weighted by atomic mass is 16.5. The van der Waals surface area contributed by atoms with Crippen LogP contribution in [0.1, 0.15) is 54.9 Å².